The van der Waals surface area contributed by atoms with Gasteiger partial charge in [-0.15, -0.1) is 0 Å². The van der Waals surface area contributed by atoms with Crippen molar-refractivity contribution in [3.63, 3.8) is 0 Å². The fourth-order valence-corrected chi connectivity index (χ4v) is 4.38. The summed E-state index contributed by atoms with van der Waals surface area (Å²) in [6.45, 7) is 6.63. The lowest BCUT2D eigenvalue weighted by Crippen LogP contribution is -2.51. The molecule has 1 aromatic heterocycles. The van der Waals surface area contributed by atoms with Crippen molar-refractivity contribution in [1.82, 2.24) is 20.1 Å². The van der Waals surface area contributed by atoms with E-state index in [2.05, 4.69) is 44.5 Å². The Kier molecular flexibility index (Phi) is 7.75. The van der Waals surface area contributed by atoms with Crippen molar-refractivity contribution in [2.45, 2.75) is 19.8 Å². The summed E-state index contributed by atoms with van der Waals surface area (Å²) in [6, 6.07) is 16.1. The fourth-order valence-electron chi connectivity index (χ4n) is 4.38. The first kappa shape index (κ1) is 23.0. The van der Waals surface area contributed by atoms with Crippen molar-refractivity contribution in [3.8, 4) is 0 Å². The molecule has 33 heavy (non-hydrogen) atoms. The molecule has 0 spiro atoms. The van der Waals surface area contributed by atoms with Crippen LogP contribution in [0.25, 0.3) is 10.9 Å². The molecule has 3 N–H and O–H groups in total. The molecule has 7 heteroatoms. The summed E-state index contributed by atoms with van der Waals surface area (Å²) in [7, 11) is 0. The molecule has 0 bridgehead atoms. The third kappa shape index (κ3) is 6.21. The maximum atomic E-state index is 12.5. The zero-order valence-electron chi connectivity index (χ0n) is 19.3. The van der Waals surface area contributed by atoms with Crippen LogP contribution in [0, 0.1) is 0 Å². The van der Waals surface area contributed by atoms with E-state index in [1.165, 1.54) is 10.9 Å². The number of carbonyl (C=O) groups excluding carboxylic acids is 2. The molecule has 2 heterocycles. The van der Waals surface area contributed by atoms with Gasteiger partial charge in [0.1, 0.15) is 0 Å². The van der Waals surface area contributed by atoms with E-state index in [0.717, 1.165) is 55.8 Å². The Hall–Kier alpha value is -3.16. The SMILES string of the molecule is CCc1ccccc1NC(=O)CN1CCN(CC(=O)NCCc2c[nH]c3ccccc23)CC1. The van der Waals surface area contributed by atoms with Gasteiger partial charge in [-0.25, -0.2) is 0 Å². The molecule has 7 nitrogen and oxygen atoms in total. The van der Waals surface area contributed by atoms with Crippen molar-refractivity contribution < 1.29 is 9.59 Å². The third-order valence-corrected chi connectivity index (χ3v) is 6.26. The Labute approximate surface area is 195 Å². The monoisotopic (exact) mass is 447 g/mol. The smallest absolute Gasteiger partial charge is 0.238 e. The van der Waals surface area contributed by atoms with Crippen molar-refractivity contribution in [2.75, 3.05) is 51.1 Å². The van der Waals surface area contributed by atoms with Crippen LogP contribution in [0.2, 0.25) is 0 Å². The molecule has 4 rings (SSSR count). The number of hydrogen-bond acceptors (Lipinski definition) is 4. The maximum absolute atomic E-state index is 12.5. The quantitative estimate of drug-likeness (QED) is 0.471. The van der Waals surface area contributed by atoms with Crippen LogP contribution in [-0.4, -0.2) is 72.4 Å². The highest BCUT2D eigenvalue weighted by atomic mass is 16.2. The van der Waals surface area contributed by atoms with Crippen LogP contribution in [-0.2, 0) is 22.4 Å². The van der Waals surface area contributed by atoms with Crippen LogP contribution < -0.4 is 10.6 Å². The van der Waals surface area contributed by atoms with Gasteiger partial charge in [-0.3, -0.25) is 19.4 Å². The number of nitrogens with one attached hydrogen (secondary N) is 3. The van der Waals surface area contributed by atoms with E-state index in [4.69, 9.17) is 0 Å². The standard InChI is InChI=1S/C26H33N5O2/c1-2-20-7-3-5-9-23(20)29-26(33)19-31-15-13-30(14-16-31)18-25(32)27-12-11-21-17-28-24-10-6-4-8-22(21)24/h3-10,17,28H,2,11-16,18-19H2,1H3,(H,27,32)(H,29,33). The molecule has 0 atom stereocenters. The number of aryl methyl sites for hydroxylation is 1. The van der Waals surface area contributed by atoms with E-state index in [0.29, 0.717) is 19.6 Å². The lowest BCUT2D eigenvalue weighted by molar-refractivity contribution is -0.123. The number of aromatic amines is 1. The number of rotatable bonds is 9. The van der Waals surface area contributed by atoms with Gasteiger partial charge in [-0.05, 0) is 36.1 Å². The second-order valence-electron chi connectivity index (χ2n) is 8.57. The second-order valence-corrected chi connectivity index (χ2v) is 8.57. The van der Waals surface area contributed by atoms with Gasteiger partial charge in [-0.1, -0.05) is 43.3 Å². The summed E-state index contributed by atoms with van der Waals surface area (Å²) < 4.78 is 0. The van der Waals surface area contributed by atoms with Gasteiger partial charge in [0.15, 0.2) is 0 Å². The summed E-state index contributed by atoms with van der Waals surface area (Å²) in [5.74, 6) is 0.0663. The molecular weight excluding hydrogens is 414 g/mol. The molecule has 2 amide bonds. The number of nitrogens with zero attached hydrogens (tertiary/aromatic N) is 2. The average Bonchev–Trinajstić information content (AvgIpc) is 3.24. The molecule has 174 valence electrons. The fraction of sp³-hybridized carbons (Fsp3) is 0.385. The van der Waals surface area contributed by atoms with Crippen LogP contribution in [0.15, 0.2) is 54.7 Å². The molecule has 3 aromatic rings. The normalized spacial score (nSPS) is 14.9. The van der Waals surface area contributed by atoms with Crippen molar-refractivity contribution >= 4 is 28.4 Å². The Morgan fingerprint density at radius 1 is 0.879 bits per heavy atom. The van der Waals surface area contributed by atoms with Crippen LogP contribution in [0.3, 0.4) is 0 Å². The number of carbonyl (C=O) groups is 2. The molecule has 1 aliphatic rings. The van der Waals surface area contributed by atoms with Crippen LogP contribution in [0.1, 0.15) is 18.1 Å². The minimum Gasteiger partial charge on any atom is -0.361 e. The van der Waals surface area contributed by atoms with Gasteiger partial charge in [0, 0.05) is 55.5 Å². The van der Waals surface area contributed by atoms with E-state index >= 15 is 0 Å². The Balaban J connectivity index is 1.15. The minimum absolute atomic E-state index is 0.0133. The minimum atomic E-state index is 0.0133. The number of aromatic nitrogens is 1. The Morgan fingerprint density at radius 3 is 2.30 bits per heavy atom. The van der Waals surface area contributed by atoms with Gasteiger partial charge in [0.25, 0.3) is 0 Å². The molecular formula is C26H33N5O2. The Bertz CT molecular complexity index is 1080. The topological polar surface area (TPSA) is 80.5 Å². The first-order chi connectivity index (χ1) is 16.1. The van der Waals surface area contributed by atoms with Crippen LogP contribution >= 0.6 is 0 Å². The molecule has 0 aliphatic carbocycles. The zero-order chi connectivity index (χ0) is 23.0. The number of benzene rings is 2. The summed E-state index contributed by atoms with van der Waals surface area (Å²) in [5, 5.41) is 7.29. The van der Waals surface area contributed by atoms with Gasteiger partial charge in [0.05, 0.1) is 13.1 Å². The molecule has 1 saturated heterocycles. The largest absolute Gasteiger partial charge is 0.361 e. The average molecular weight is 448 g/mol. The van der Waals surface area contributed by atoms with E-state index in [-0.39, 0.29) is 11.8 Å². The van der Waals surface area contributed by atoms with Gasteiger partial charge in [0.2, 0.25) is 11.8 Å². The first-order valence-electron chi connectivity index (χ1n) is 11.8. The first-order valence-corrected chi connectivity index (χ1v) is 11.8. The predicted molar refractivity (Wildman–Crippen MR) is 132 cm³/mol. The summed E-state index contributed by atoms with van der Waals surface area (Å²) in [4.78, 5) is 32.4. The number of H-pyrrole nitrogens is 1. The van der Waals surface area contributed by atoms with E-state index < -0.39 is 0 Å². The highest BCUT2D eigenvalue weighted by Crippen LogP contribution is 2.18. The van der Waals surface area contributed by atoms with Gasteiger partial charge >= 0.3 is 0 Å². The predicted octanol–water partition coefficient (Wildman–Crippen LogP) is 2.65. The van der Waals surface area contributed by atoms with E-state index in [1.807, 2.05) is 42.6 Å². The lowest BCUT2D eigenvalue weighted by atomic mass is 10.1. The summed E-state index contributed by atoms with van der Waals surface area (Å²) in [6.07, 6.45) is 3.71. The van der Waals surface area contributed by atoms with Crippen molar-refractivity contribution in [1.29, 1.82) is 0 Å². The molecule has 1 aliphatic heterocycles. The molecule has 0 radical (unpaired) electrons. The summed E-state index contributed by atoms with van der Waals surface area (Å²) in [5.41, 5.74) is 4.39. The molecule has 0 saturated carbocycles. The number of para-hydroxylation sites is 2. The maximum Gasteiger partial charge on any atom is 0.238 e. The Morgan fingerprint density at radius 2 is 1.55 bits per heavy atom. The van der Waals surface area contributed by atoms with Gasteiger partial charge in [-0.2, -0.15) is 0 Å². The number of amides is 2. The molecule has 1 fully saturated rings. The molecule has 0 unspecified atom stereocenters. The number of fused-ring (bicyclic) bond motifs is 1. The highest BCUT2D eigenvalue weighted by Gasteiger charge is 2.20. The van der Waals surface area contributed by atoms with Crippen molar-refractivity contribution in [2.24, 2.45) is 0 Å². The summed E-state index contributed by atoms with van der Waals surface area (Å²) >= 11 is 0. The third-order valence-electron chi connectivity index (χ3n) is 6.26. The highest BCUT2D eigenvalue weighted by molar-refractivity contribution is 5.93. The van der Waals surface area contributed by atoms with Crippen LogP contribution in [0.4, 0.5) is 5.69 Å². The lowest BCUT2D eigenvalue weighted by Gasteiger charge is -2.33. The van der Waals surface area contributed by atoms with Crippen LogP contribution in [0.5, 0.6) is 0 Å². The van der Waals surface area contributed by atoms with Gasteiger partial charge < -0.3 is 15.6 Å². The number of hydrogen-bond donors (Lipinski definition) is 3. The van der Waals surface area contributed by atoms with E-state index in [9.17, 15) is 9.59 Å². The molecule has 2 aromatic carbocycles. The van der Waals surface area contributed by atoms with Crippen molar-refractivity contribution in [3.05, 3.63) is 65.9 Å². The van der Waals surface area contributed by atoms with E-state index in [1.54, 1.807) is 0 Å². The zero-order valence-corrected chi connectivity index (χ0v) is 19.3. The number of piperazine rings is 1. The number of anilines is 1. The second kappa shape index (κ2) is 11.1.